The number of benzene rings is 2. The summed E-state index contributed by atoms with van der Waals surface area (Å²) in [6.45, 7) is 0. The Balaban J connectivity index is 2.07. The fourth-order valence-corrected chi connectivity index (χ4v) is 2.50. The number of H-pyrrole nitrogens is 1. The molecule has 2 aromatic carbocycles. The molecule has 0 aliphatic rings. The molecular formula is C15H10Br2N2. The minimum Gasteiger partial charge on any atom is -0.277 e. The van der Waals surface area contributed by atoms with Crippen LogP contribution in [0.15, 0.2) is 63.7 Å². The summed E-state index contributed by atoms with van der Waals surface area (Å²) in [5.74, 6) is 0. The van der Waals surface area contributed by atoms with E-state index in [-0.39, 0.29) is 0 Å². The van der Waals surface area contributed by atoms with E-state index >= 15 is 0 Å². The average molecular weight is 378 g/mol. The average Bonchev–Trinajstić information content (AvgIpc) is 2.90. The van der Waals surface area contributed by atoms with Crippen LogP contribution in [-0.2, 0) is 0 Å². The molecule has 2 nitrogen and oxygen atoms in total. The highest BCUT2D eigenvalue weighted by Gasteiger charge is 2.09. The number of aromatic amines is 1. The normalized spacial score (nSPS) is 10.6. The summed E-state index contributed by atoms with van der Waals surface area (Å²) in [6.07, 6.45) is 1.86. The molecule has 1 heterocycles. The van der Waals surface area contributed by atoms with Crippen LogP contribution >= 0.6 is 31.9 Å². The Kier molecular flexibility index (Phi) is 3.53. The number of halogens is 2. The van der Waals surface area contributed by atoms with E-state index in [1.54, 1.807) is 0 Å². The van der Waals surface area contributed by atoms with Crippen molar-refractivity contribution in [3.05, 3.63) is 63.7 Å². The van der Waals surface area contributed by atoms with Crippen molar-refractivity contribution in [2.24, 2.45) is 0 Å². The van der Waals surface area contributed by atoms with Crippen molar-refractivity contribution >= 4 is 31.9 Å². The Hall–Kier alpha value is -1.39. The second-order valence-corrected chi connectivity index (χ2v) is 6.00. The van der Waals surface area contributed by atoms with Crippen LogP contribution in [0.3, 0.4) is 0 Å². The van der Waals surface area contributed by atoms with Gasteiger partial charge in [-0.1, -0.05) is 56.1 Å². The molecule has 0 spiro atoms. The van der Waals surface area contributed by atoms with Gasteiger partial charge in [0.15, 0.2) is 0 Å². The predicted molar refractivity (Wildman–Crippen MR) is 84.9 cm³/mol. The van der Waals surface area contributed by atoms with Gasteiger partial charge in [0.05, 0.1) is 11.9 Å². The zero-order valence-electron chi connectivity index (χ0n) is 9.90. The van der Waals surface area contributed by atoms with Crippen LogP contribution in [-0.4, -0.2) is 10.2 Å². The number of nitrogens with one attached hydrogen (secondary N) is 1. The Morgan fingerprint density at radius 2 is 1.26 bits per heavy atom. The number of hydrogen-bond donors (Lipinski definition) is 1. The largest absolute Gasteiger partial charge is 0.277 e. The lowest BCUT2D eigenvalue weighted by molar-refractivity contribution is 1.10. The smallest absolute Gasteiger partial charge is 0.0728 e. The third kappa shape index (κ3) is 2.65. The zero-order valence-corrected chi connectivity index (χ0v) is 13.1. The molecule has 94 valence electrons. The summed E-state index contributed by atoms with van der Waals surface area (Å²) in [7, 11) is 0. The van der Waals surface area contributed by atoms with Crippen LogP contribution in [0.4, 0.5) is 0 Å². The molecule has 0 saturated heterocycles. The summed E-state index contributed by atoms with van der Waals surface area (Å²) in [4.78, 5) is 0. The van der Waals surface area contributed by atoms with Gasteiger partial charge in [-0.15, -0.1) is 0 Å². The molecule has 0 bridgehead atoms. The van der Waals surface area contributed by atoms with E-state index in [4.69, 9.17) is 0 Å². The first-order valence-corrected chi connectivity index (χ1v) is 7.38. The number of aromatic nitrogens is 2. The third-order valence-electron chi connectivity index (χ3n) is 2.93. The SMILES string of the molecule is Brc1ccc(-c2cn[nH]c2-c2ccc(Br)cc2)cc1. The van der Waals surface area contributed by atoms with Crippen molar-refractivity contribution < 1.29 is 0 Å². The molecule has 0 fully saturated rings. The zero-order chi connectivity index (χ0) is 13.2. The van der Waals surface area contributed by atoms with Gasteiger partial charge in [0.2, 0.25) is 0 Å². The maximum absolute atomic E-state index is 4.17. The van der Waals surface area contributed by atoms with E-state index in [1.807, 2.05) is 30.5 Å². The standard InChI is InChI=1S/C15H10Br2N2/c16-12-5-1-10(2-6-12)14-9-18-19-15(14)11-3-7-13(17)8-4-11/h1-9H,(H,18,19). The maximum Gasteiger partial charge on any atom is 0.0728 e. The lowest BCUT2D eigenvalue weighted by Gasteiger charge is -2.04. The van der Waals surface area contributed by atoms with E-state index in [1.165, 1.54) is 0 Å². The molecule has 1 N–H and O–H groups in total. The topological polar surface area (TPSA) is 28.7 Å². The Labute approximate surface area is 128 Å². The summed E-state index contributed by atoms with van der Waals surface area (Å²) in [6, 6.07) is 16.4. The van der Waals surface area contributed by atoms with Gasteiger partial charge in [0.25, 0.3) is 0 Å². The van der Waals surface area contributed by atoms with Crippen LogP contribution in [0.2, 0.25) is 0 Å². The fraction of sp³-hybridized carbons (Fsp3) is 0. The molecule has 0 unspecified atom stereocenters. The van der Waals surface area contributed by atoms with Gasteiger partial charge >= 0.3 is 0 Å². The monoisotopic (exact) mass is 376 g/mol. The molecule has 4 heteroatoms. The highest BCUT2D eigenvalue weighted by molar-refractivity contribution is 9.10. The summed E-state index contributed by atoms with van der Waals surface area (Å²) in [5.41, 5.74) is 4.41. The molecular weight excluding hydrogens is 368 g/mol. The molecule has 0 saturated carbocycles. The first-order chi connectivity index (χ1) is 9.24. The van der Waals surface area contributed by atoms with Crippen LogP contribution in [0, 0.1) is 0 Å². The van der Waals surface area contributed by atoms with Gasteiger partial charge in [-0.25, -0.2) is 0 Å². The molecule has 0 aliphatic heterocycles. The Morgan fingerprint density at radius 3 is 1.84 bits per heavy atom. The van der Waals surface area contributed by atoms with Gasteiger partial charge < -0.3 is 0 Å². The third-order valence-corrected chi connectivity index (χ3v) is 3.98. The Bertz CT molecular complexity index is 625. The van der Waals surface area contributed by atoms with Gasteiger partial charge in [-0.05, 0) is 29.8 Å². The van der Waals surface area contributed by atoms with Crippen molar-refractivity contribution in [1.82, 2.24) is 10.2 Å². The van der Waals surface area contributed by atoms with Crippen LogP contribution in [0.5, 0.6) is 0 Å². The number of nitrogens with zero attached hydrogens (tertiary/aromatic N) is 1. The molecule has 0 aliphatic carbocycles. The second-order valence-electron chi connectivity index (χ2n) is 4.17. The summed E-state index contributed by atoms with van der Waals surface area (Å²) < 4.78 is 2.14. The minimum absolute atomic E-state index is 1.04. The van der Waals surface area contributed by atoms with E-state index in [0.29, 0.717) is 0 Å². The molecule has 0 atom stereocenters. The van der Waals surface area contributed by atoms with Crippen molar-refractivity contribution in [3.63, 3.8) is 0 Å². The molecule has 1 aromatic heterocycles. The maximum atomic E-state index is 4.17. The first-order valence-electron chi connectivity index (χ1n) is 5.79. The quantitative estimate of drug-likeness (QED) is 0.647. The highest BCUT2D eigenvalue weighted by Crippen LogP contribution is 2.31. The Morgan fingerprint density at radius 1 is 0.737 bits per heavy atom. The lowest BCUT2D eigenvalue weighted by atomic mass is 10.0. The van der Waals surface area contributed by atoms with Crippen molar-refractivity contribution in [1.29, 1.82) is 0 Å². The first kappa shape index (κ1) is 12.6. The number of rotatable bonds is 2. The van der Waals surface area contributed by atoms with Crippen LogP contribution in [0.25, 0.3) is 22.4 Å². The molecule has 3 aromatic rings. The van der Waals surface area contributed by atoms with E-state index in [9.17, 15) is 0 Å². The van der Waals surface area contributed by atoms with Gasteiger partial charge in [0, 0.05) is 20.1 Å². The van der Waals surface area contributed by atoms with Crippen molar-refractivity contribution in [2.45, 2.75) is 0 Å². The molecule has 0 amide bonds. The van der Waals surface area contributed by atoms with Crippen LogP contribution < -0.4 is 0 Å². The molecule has 19 heavy (non-hydrogen) atoms. The van der Waals surface area contributed by atoms with Gasteiger partial charge in [-0.2, -0.15) is 5.10 Å². The lowest BCUT2D eigenvalue weighted by Crippen LogP contribution is -1.82. The number of hydrogen-bond acceptors (Lipinski definition) is 1. The molecule has 0 radical (unpaired) electrons. The van der Waals surface area contributed by atoms with Crippen LogP contribution in [0.1, 0.15) is 0 Å². The summed E-state index contributed by atoms with van der Waals surface area (Å²) >= 11 is 6.90. The molecule has 3 rings (SSSR count). The minimum atomic E-state index is 1.04. The van der Waals surface area contributed by atoms with E-state index < -0.39 is 0 Å². The second kappa shape index (κ2) is 5.31. The van der Waals surface area contributed by atoms with E-state index in [2.05, 4.69) is 66.3 Å². The fourth-order valence-electron chi connectivity index (χ4n) is 1.97. The van der Waals surface area contributed by atoms with Gasteiger partial charge in [-0.3, -0.25) is 5.10 Å². The highest BCUT2D eigenvalue weighted by atomic mass is 79.9. The van der Waals surface area contributed by atoms with Crippen molar-refractivity contribution in [3.8, 4) is 22.4 Å². The van der Waals surface area contributed by atoms with E-state index in [0.717, 1.165) is 31.3 Å². The summed E-state index contributed by atoms with van der Waals surface area (Å²) in [5, 5.41) is 7.25. The predicted octanol–water partition coefficient (Wildman–Crippen LogP) is 5.27. The van der Waals surface area contributed by atoms with Gasteiger partial charge in [0.1, 0.15) is 0 Å². The van der Waals surface area contributed by atoms with Crippen molar-refractivity contribution in [2.75, 3.05) is 0 Å².